The molecule has 0 spiro atoms. The van der Waals surface area contributed by atoms with Crippen LogP contribution in [-0.2, 0) is 10.0 Å². The van der Waals surface area contributed by atoms with Crippen molar-refractivity contribution in [3.05, 3.63) is 24.3 Å². The third-order valence-electron chi connectivity index (χ3n) is 3.03. The lowest BCUT2D eigenvalue weighted by atomic mass is 10.2. The van der Waals surface area contributed by atoms with E-state index in [0.29, 0.717) is 12.3 Å². The van der Waals surface area contributed by atoms with Crippen molar-refractivity contribution in [2.75, 3.05) is 20.2 Å². The van der Waals surface area contributed by atoms with Gasteiger partial charge < -0.3 is 10.1 Å². The second kappa shape index (κ2) is 7.09. The number of sulfonamides is 1. The average molecular weight is 307 g/mol. The highest BCUT2D eigenvalue weighted by molar-refractivity contribution is 7.89. The van der Waals surface area contributed by atoms with Gasteiger partial charge in [-0.3, -0.25) is 0 Å². The van der Waals surface area contributed by atoms with Gasteiger partial charge in [-0.25, -0.2) is 13.1 Å². The van der Waals surface area contributed by atoms with Crippen LogP contribution in [-0.4, -0.2) is 34.7 Å². The van der Waals surface area contributed by atoms with Gasteiger partial charge in [0.1, 0.15) is 5.75 Å². The molecular formula is C12H19ClN2O3S. The van der Waals surface area contributed by atoms with E-state index in [1.165, 1.54) is 13.2 Å². The Morgan fingerprint density at radius 1 is 1.47 bits per heavy atom. The molecule has 1 fully saturated rings. The standard InChI is InChI=1S/C12H18N2O3S.ClH/c1-17-11-5-2-6-12(8-11)18(15,16)14-9-10-4-3-7-13-10;/h2,5-6,8,10,13-14H,3-4,7,9H2,1H3;1H/t10-;/m0./s1. The van der Waals surface area contributed by atoms with E-state index in [9.17, 15) is 8.42 Å². The van der Waals surface area contributed by atoms with Crippen LogP contribution in [0, 0.1) is 0 Å². The lowest BCUT2D eigenvalue weighted by Crippen LogP contribution is -2.37. The first-order valence-corrected chi connectivity index (χ1v) is 7.47. The molecular weight excluding hydrogens is 288 g/mol. The van der Waals surface area contributed by atoms with E-state index in [4.69, 9.17) is 4.74 Å². The summed E-state index contributed by atoms with van der Waals surface area (Å²) in [5.41, 5.74) is 0. The number of rotatable bonds is 5. The van der Waals surface area contributed by atoms with Gasteiger partial charge in [-0.2, -0.15) is 0 Å². The predicted octanol–water partition coefficient (Wildman–Crippen LogP) is 1.15. The number of hydrogen-bond donors (Lipinski definition) is 2. The smallest absolute Gasteiger partial charge is 0.240 e. The Hall–Kier alpha value is -0.820. The minimum absolute atomic E-state index is 0. The summed E-state index contributed by atoms with van der Waals surface area (Å²) in [6.45, 7) is 1.39. The fourth-order valence-corrected chi connectivity index (χ4v) is 3.11. The van der Waals surface area contributed by atoms with Gasteiger partial charge in [0.2, 0.25) is 10.0 Å². The van der Waals surface area contributed by atoms with E-state index < -0.39 is 10.0 Å². The van der Waals surface area contributed by atoms with Crippen LogP contribution >= 0.6 is 12.4 Å². The maximum atomic E-state index is 12.1. The van der Waals surface area contributed by atoms with E-state index in [1.54, 1.807) is 18.2 Å². The molecule has 1 aliphatic heterocycles. The molecule has 0 bridgehead atoms. The third-order valence-corrected chi connectivity index (χ3v) is 4.45. The first-order valence-electron chi connectivity index (χ1n) is 5.99. The molecule has 0 radical (unpaired) electrons. The van der Waals surface area contributed by atoms with Crippen molar-refractivity contribution in [3.8, 4) is 5.75 Å². The summed E-state index contributed by atoms with van der Waals surface area (Å²) >= 11 is 0. The molecule has 0 saturated carbocycles. The maximum absolute atomic E-state index is 12.1. The fraction of sp³-hybridized carbons (Fsp3) is 0.500. The summed E-state index contributed by atoms with van der Waals surface area (Å²) in [7, 11) is -1.93. The predicted molar refractivity (Wildman–Crippen MR) is 76.5 cm³/mol. The molecule has 0 amide bonds. The molecule has 1 aromatic rings. The molecule has 1 aliphatic rings. The Balaban J connectivity index is 0.00000180. The van der Waals surface area contributed by atoms with Crippen LogP contribution in [0.4, 0.5) is 0 Å². The van der Waals surface area contributed by atoms with Crippen molar-refractivity contribution in [1.29, 1.82) is 0 Å². The molecule has 5 nitrogen and oxygen atoms in total. The molecule has 108 valence electrons. The van der Waals surface area contributed by atoms with Gasteiger partial charge >= 0.3 is 0 Å². The Kier molecular flexibility index (Phi) is 6.06. The van der Waals surface area contributed by atoms with Crippen LogP contribution in [0.25, 0.3) is 0 Å². The van der Waals surface area contributed by atoms with Crippen LogP contribution in [0.3, 0.4) is 0 Å². The lowest BCUT2D eigenvalue weighted by Gasteiger charge is -2.12. The largest absolute Gasteiger partial charge is 0.497 e. The zero-order valence-electron chi connectivity index (χ0n) is 10.8. The third kappa shape index (κ3) is 4.35. The number of nitrogens with one attached hydrogen (secondary N) is 2. The van der Waals surface area contributed by atoms with Crippen molar-refractivity contribution in [3.63, 3.8) is 0 Å². The van der Waals surface area contributed by atoms with E-state index >= 15 is 0 Å². The molecule has 1 saturated heterocycles. The van der Waals surface area contributed by atoms with Gasteiger partial charge in [0.25, 0.3) is 0 Å². The van der Waals surface area contributed by atoms with Gasteiger partial charge in [0, 0.05) is 18.7 Å². The molecule has 2 rings (SSSR count). The van der Waals surface area contributed by atoms with Crippen molar-refractivity contribution in [2.24, 2.45) is 0 Å². The molecule has 0 unspecified atom stereocenters. The van der Waals surface area contributed by atoms with Crippen LogP contribution in [0.15, 0.2) is 29.2 Å². The van der Waals surface area contributed by atoms with Crippen molar-refractivity contribution >= 4 is 22.4 Å². The highest BCUT2D eigenvalue weighted by Crippen LogP contribution is 2.17. The van der Waals surface area contributed by atoms with Crippen molar-refractivity contribution < 1.29 is 13.2 Å². The van der Waals surface area contributed by atoms with Crippen LogP contribution < -0.4 is 14.8 Å². The number of benzene rings is 1. The molecule has 7 heteroatoms. The summed E-state index contributed by atoms with van der Waals surface area (Å²) in [6.07, 6.45) is 2.12. The quantitative estimate of drug-likeness (QED) is 0.856. The SMILES string of the molecule is COc1cccc(S(=O)(=O)NC[C@@H]2CCCN2)c1.Cl. The maximum Gasteiger partial charge on any atom is 0.240 e. The van der Waals surface area contributed by atoms with Crippen LogP contribution in [0.1, 0.15) is 12.8 Å². The highest BCUT2D eigenvalue weighted by atomic mass is 35.5. The number of halogens is 1. The topological polar surface area (TPSA) is 67.4 Å². The molecule has 1 heterocycles. The molecule has 0 aromatic heterocycles. The van der Waals surface area contributed by atoms with E-state index in [-0.39, 0.29) is 23.3 Å². The summed E-state index contributed by atoms with van der Waals surface area (Å²) < 4.78 is 31.8. The van der Waals surface area contributed by atoms with Gasteiger partial charge in [0.15, 0.2) is 0 Å². The Labute approximate surface area is 120 Å². The molecule has 1 atom stereocenters. The summed E-state index contributed by atoms with van der Waals surface area (Å²) in [4.78, 5) is 0.236. The summed E-state index contributed by atoms with van der Waals surface area (Å²) in [6, 6.07) is 6.71. The second-order valence-corrected chi connectivity index (χ2v) is 6.09. The molecule has 1 aromatic carbocycles. The van der Waals surface area contributed by atoms with Crippen LogP contribution in [0.2, 0.25) is 0 Å². The highest BCUT2D eigenvalue weighted by Gasteiger charge is 2.19. The number of ether oxygens (including phenoxy) is 1. The normalized spacial score (nSPS) is 18.9. The average Bonchev–Trinajstić information content (AvgIpc) is 2.90. The van der Waals surface area contributed by atoms with Crippen LogP contribution in [0.5, 0.6) is 5.75 Å². The van der Waals surface area contributed by atoms with E-state index in [2.05, 4.69) is 10.0 Å². The zero-order valence-corrected chi connectivity index (χ0v) is 12.4. The zero-order chi connectivity index (χ0) is 13.0. The monoisotopic (exact) mass is 306 g/mol. The first kappa shape index (κ1) is 16.2. The Morgan fingerprint density at radius 2 is 2.26 bits per heavy atom. The van der Waals surface area contributed by atoms with E-state index in [0.717, 1.165) is 19.4 Å². The fourth-order valence-electron chi connectivity index (χ4n) is 1.99. The first-order chi connectivity index (χ1) is 8.62. The van der Waals surface area contributed by atoms with E-state index in [1.807, 2.05) is 0 Å². The molecule has 2 N–H and O–H groups in total. The second-order valence-electron chi connectivity index (χ2n) is 4.32. The van der Waals surface area contributed by atoms with Gasteiger partial charge in [0.05, 0.1) is 12.0 Å². The van der Waals surface area contributed by atoms with Gasteiger partial charge in [-0.05, 0) is 31.5 Å². The van der Waals surface area contributed by atoms with Gasteiger partial charge in [-0.1, -0.05) is 6.07 Å². The minimum atomic E-state index is -3.45. The van der Waals surface area contributed by atoms with Crippen molar-refractivity contribution in [1.82, 2.24) is 10.0 Å². The Morgan fingerprint density at radius 3 is 2.89 bits per heavy atom. The van der Waals surface area contributed by atoms with Crippen molar-refractivity contribution in [2.45, 2.75) is 23.8 Å². The Bertz CT molecular complexity index is 501. The minimum Gasteiger partial charge on any atom is -0.497 e. The number of hydrogen-bond acceptors (Lipinski definition) is 4. The molecule has 0 aliphatic carbocycles. The summed E-state index contributed by atoms with van der Waals surface area (Å²) in [5, 5.41) is 3.25. The lowest BCUT2D eigenvalue weighted by molar-refractivity contribution is 0.413. The van der Waals surface area contributed by atoms with Gasteiger partial charge in [-0.15, -0.1) is 12.4 Å². The number of methoxy groups -OCH3 is 1. The molecule has 19 heavy (non-hydrogen) atoms. The summed E-state index contributed by atoms with van der Waals surface area (Å²) in [5.74, 6) is 0.539.